The van der Waals surface area contributed by atoms with E-state index in [0.29, 0.717) is 0 Å². The molecule has 1 unspecified atom stereocenters. The maximum absolute atomic E-state index is 5.78. The Hall–Kier alpha value is -1.26. The van der Waals surface area contributed by atoms with Gasteiger partial charge in [-0.3, -0.25) is 4.90 Å². The Labute approximate surface area is 127 Å². The lowest BCUT2D eigenvalue weighted by Crippen LogP contribution is -2.61. The molecule has 0 aromatic heterocycles. The summed E-state index contributed by atoms with van der Waals surface area (Å²) in [6.45, 7) is 8.70. The lowest BCUT2D eigenvalue weighted by atomic mass is 9.83. The topological polar surface area (TPSA) is 35.7 Å². The lowest BCUT2D eigenvalue weighted by Gasteiger charge is -2.51. The van der Waals surface area contributed by atoms with E-state index in [9.17, 15) is 0 Å². The van der Waals surface area contributed by atoms with Gasteiger partial charge < -0.3 is 15.5 Å². The van der Waals surface area contributed by atoms with Gasteiger partial charge in [0, 0.05) is 50.1 Å². The Morgan fingerprint density at radius 2 is 1.52 bits per heavy atom. The fourth-order valence-electron chi connectivity index (χ4n) is 4.34. The van der Waals surface area contributed by atoms with Crippen LogP contribution in [0.5, 0.6) is 0 Å². The van der Waals surface area contributed by atoms with Crippen molar-refractivity contribution in [2.45, 2.75) is 18.9 Å². The second-order valence-electron chi connectivity index (χ2n) is 6.82. The van der Waals surface area contributed by atoms with Gasteiger partial charge in [-0.05, 0) is 56.1 Å². The van der Waals surface area contributed by atoms with Crippen molar-refractivity contribution < 1.29 is 0 Å². The van der Waals surface area contributed by atoms with E-state index in [-0.39, 0.29) is 0 Å². The van der Waals surface area contributed by atoms with Crippen LogP contribution in [0.1, 0.15) is 12.8 Å². The van der Waals surface area contributed by atoms with Crippen LogP contribution < -0.4 is 10.6 Å². The van der Waals surface area contributed by atoms with E-state index in [4.69, 9.17) is 5.73 Å². The fourth-order valence-corrected chi connectivity index (χ4v) is 4.34. The standard InChI is InChI=1S/C17H26N4/c18-15-1-3-16(4-2-15)20-9-11-21(12-10-20)17-13-19-7-5-14(17)6-8-19/h1-4,14,17H,5-13,18H2. The summed E-state index contributed by atoms with van der Waals surface area (Å²) in [7, 11) is 0. The molecule has 0 amide bonds. The number of hydrogen-bond acceptors (Lipinski definition) is 4. The van der Waals surface area contributed by atoms with Crippen molar-refractivity contribution in [2.24, 2.45) is 5.92 Å². The molecule has 21 heavy (non-hydrogen) atoms. The second kappa shape index (κ2) is 5.50. The summed E-state index contributed by atoms with van der Waals surface area (Å²) in [6.07, 6.45) is 2.84. The van der Waals surface area contributed by atoms with Gasteiger partial charge >= 0.3 is 0 Å². The number of piperidine rings is 3. The van der Waals surface area contributed by atoms with Crippen LogP contribution in [0.2, 0.25) is 0 Å². The molecule has 4 aliphatic heterocycles. The largest absolute Gasteiger partial charge is 0.399 e. The number of nitrogens with two attached hydrogens (primary N) is 1. The quantitative estimate of drug-likeness (QED) is 0.836. The number of anilines is 2. The summed E-state index contributed by atoms with van der Waals surface area (Å²) in [5, 5.41) is 0. The Kier molecular flexibility index (Phi) is 3.51. The highest BCUT2D eigenvalue weighted by Crippen LogP contribution is 2.31. The Bertz CT molecular complexity index is 470. The van der Waals surface area contributed by atoms with Crippen molar-refractivity contribution in [3.63, 3.8) is 0 Å². The number of benzene rings is 1. The second-order valence-corrected chi connectivity index (χ2v) is 6.82. The van der Waals surface area contributed by atoms with E-state index >= 15 is 0 Å². The minimum Gasteiger partial charge on any atom is -0.399 e. The number of nitrogen functional groups attached to an aromatic ring is 1. The zero-order valence-electron chi connectivity index (χ0n) is 12.7. The molecule has 4 aliphatic rings. The van der Waals surface area contributed by atoms with Gasteiger partial charge in [-0.15, -0.1) is 0 Å². The first-order valence-electron chi connectivity index (χ1n) is 8.36. The van der Waals surface area contributed by atoms with E-state index in [2.05, 4.69) is 26.8 Å². The van der Waals surface area contributed by atoms with Crippen LogP contribution in [0.4, 0.5) is 11.4 Å². The van der Waals surface area contributed by atoms with Crippen molar-refractivity contribution in [3.05, 3.63) is 24.3 Å². The number of rotatable bonds is 2. The zero-order valence-corrected chi connectivity index (χ0v) is 12.7. The average molecular weight is 286 g/mol. The first kappa shape index (κ1) is 13.4. The monoisotopic (exact) mass is 286 g/mol. The van der Waals surface area contributed by atoms with E-state index < -0.39 is 0 Å². The Balaban J connectivity index is 1.37. The minimum atomic E-state index is 0.820. The molecule has 1 aromatic carbocycles. The normalized spacial score (nSPS) is 33.3. The first-order valence-corrected chi connectivity index (χ1v) is 8.36. The molecule has 114 valence electrons. The Morgan fingerprint density at radius 3 is 2.10 bits per heavy atom. The summed E-state index contributed by atoms with van der Waals surface area (Å²) in [4.78, 5) is 7.91. The van der Waals surface area contributed by atoms with Crippen LogP contribution in [-0.4, -0.2) is 61.7 Å². The van der Waals surface area contributed by atoms with Gasteiger partial charge in [-0.25, -0.2) is 0 Å². The third kappa shape index (κ3) is 2.62. The van der Waals surface area contributed by atoms with Crippen molar-refractivity contribution in [3.8, 4) is 0 Å². The van der Waals surface area contributed by atoms with Crippen molar-refractivity contribution in [1.29, 1.82) is 0 Å². The van der Waals surface area contributed by atoms with Crippen LogP contribution in [0, 0.1) is 5.92 Å². The molecular formula is C17H26N4. The summed E-state index contributed by atoms with van der Waals surface area (Å²) in [6, 6.07) is 9.14. The predicted molar refractivity (Wildman–Crippen MR) is 87.6 cm³/mol. The number of piperazine rings is 1. The van der Waals surface area contributed by atoms with Crippen LogP contribution in [0.25, 0.3) is 0 Å². The third-order valence-corrected chi connectivity index (χ3v) is 5.66. The minimum absolute atomic E-state index is 0.820. The van der Waals surface area contributed by atoms with Crippen LogP contribution >= 0.6 is 0 Å². The van der Waals surface area contributed by atoms with E-state index in [1.165, 1.54) is 51.3 Å². The van der Waals surface area contributed by atoms with Gasteiger partial charge in [-0.2, -0.15) is 0 Å². The molecule has 4 saturated heterocycles. The molecule has 0 aliphatic carbocycles. The summed E-state index contributed by atoms with van der Waals surface area (Å²) >= 11 is 0. The molecule has 1 atom stereocenters. The van der Waals surface area contributed by atoms with Gasteiger partial charge in [0.2, 0.25) is 0 Å². The van der Waals surface area contributed by atoms with Gasteiger partial charge in [0.25, 0.3) is 0 Å². The van der Waals surface area contributed by atoms with Crippen LogP contribution in [0.3, 0.4) is 0 Å². The molecule has 4 nitrogen and oxygen atoms in total. The zero-order chi connectivity index (χ0) is 14.2. The maximum Gasteiger partial charge on any atom is 0.0368 e. The number of nitrogens with zero attached hydrogens (tertiary/aromatic N) is 3. The fraction of sp³-hybridized carbons (Fsp3) is 0.647. The molecular weight excluding hydrogens is 260 g/mol. The number of fused-ring (bicyclic) bond motifs is 3. The summed E-state index contributed by atoms with van der Waals surface area (Å²) in [5.41, 5.74) is 7.95. The predicted octanol–water partition coefficient (Wildman–Crippen LogP) is 1.48. The molecule has 0 saturated carbocycles. The van der Waals surface area contributed by atoms with Crippen molar-refractivity contribution in [2.75, 3.05) is 56.4 Å². The highest BCUT2D eigenvalue weighted by atomic mass is 15.3. The highest BCUT2D eigenvalue weighted by molar-refractivity contribution is 5.53. The van der Waals surface area contributed by atoms with Gasteiger partial charge in [0.05, 0.1) is 0 Å². The summed E-state index contributed by atoms with van der Waals surface area (Å²) in [5.74, 6) is 0.957. The van der Waals surface area contributed by atoms with Gasteiger partial charge in [0.1, 0.15) is 0 Å². The average Bonchev–Trinajstić information content (AvgIpc) is 2.57. The Morgan fingerprint density at radius 1 is 0.857 bits per heavy atom. The van der Waals surface area contributed by atoms with E-state index in [0.717, 1.165) is 30.7 Å². The van der Waals surface area contributed by atoms with Crippen LogP contribution in [0.15, 0.2) is 24.3 Å². The van der Waals surface area contributed by atoms with Crippen molar-refractivity contribution >= 4 is 11.4 Å². The van der Waals surface area contributed by atoms with Gasteiger partial charge in [-0.1, -0.05) is 0 Å². The first-order chi connectivity index (χ1) is 10.3. The van der Waals surface area contributed by atoms with E-state index in [1.54, 1.807) is 0 Å². The molecule has 4 heteroatoms. The third-order valence-electron chi connectivity index (χ3n) is 5.66. The van der Waals surface area contributed by atoms with Crippen molar-refractivity contribution in [1.82, 2.24) is 9.80 Å². The van der Waals surface area contributed by atoms with Crippen LogP contribution in [-0.2, 0) is 0 Å². The molecule has 2 bridgehead atoms. The maximum atomic E-state index is 5.78. The molecule has 2 N–H and O–H groups in total. The van der Waals surface area contributed by atoms with E-state index in [1.807, 2.05) is 12.1 Å². The summed E-state index contributed by atoms with van der Waals surface area (Å²) < 4.78 is 0. The smallest absolute Gasteiger partial charge is 0.0368 e. The molecule has 5 rings (SSSR count). The lowest BCUT2D eigenvalue weighted by molar-refractivity contribution is 0.00311. The molecule has 0 spiro atoms. The molecule has 4 fully saturated rings. The molecule has 0 radical (unpaired) electrons. The van der Waals surface area contributed by atoms with Gasteiger partial charge in [0.15, 0.2) is 0 Å². The number of hydrogen-bond donors (Lipinski definition) is 1. The highest BCUT2D eigenvalue weighted by Gasteiger charge is 2.38. The molecule has 4 heterocycles. The SMILES string of the molecule is Nc1ccc(N2CCN(C3CN4CCC3CC4)CC2)cc1. The molecule has 1 aromatic rings.